The van der Waals surface area contributed by atoms with Crippen molar-refractivity contribution in [3.63, 3.8) is 0 Å². The van der Waals surface area contributed by atoms with Gasteiger partial charge in [0.05, 0.1) is 0 Å². The van der Waals surface area contributed by atoms with Crippen LogP contribution in [0.1, 0.15) is 0 Å². The minimum Gasteiger partial charge on any atom is -0.340 e. The lowest BCUT2D eigenvalue weighted by atomic mass is 10.1. The number of benzene rings is 6. The van der Waals surface area contributed by atoms with Crippen molar-refractivity contribution >= 4 is 65.4 Å². The molecule has 3 heteroatoms. The van der Waals surface area contributed by atoms with Gasteiger partial charge in [-0.25, -0.2) is 0 Å². The van der Waals surface area contributed by atoms with E-state index >= 15 is 0 Å². The molecule has 0 aliphatic rings. The predicted molar refractivity (Wildman–Crippen MR) is 182 cm³/mol. The van der Waals surface area contributed by atoms with E-state index in [0.29, 0.717) is 5.92 Å². The van der Waals surface area contributed by atoms with Gasteiger partial charge in [-0.1, -0.05) is 109 Å². The molecule has 9 rings (SSSR count). The summed E-state index contributed by atoms with van der Waals surface area (Å²) in [7, 11) is 0. The van der Waals surface area contributed by atoms with Gasteiger partial charge in [0.1, 0.15) is 0 Å². The van der Waals surface area contributed by atoms with Crippen molar-refractivity contribution in [3.05, 3.63) is 146 Å². The first-order chi connectivity index (χ1) is 21.3. The lowest BCUT2D eigenvalue weighted by Crippen LogP contribution is -2.22. The second-order valence-corrected chi connectivity index (χ2v) is 11.8. The van der Waals surface area contributed by atoms with Crippen LogP contribution in [0.4, 0.5) is 0 Å². The second kappa shape index (κ2) is 9.64. The van der Waals surface area contributed by atoms with E-state index in [2.05, 4.69) is 159 Å². The maximum Gasteiger partial charge on any atom is 0.0491 e. The topological polar surface area (TPSA) is 14.8 Å². The largest absolute Gasteiger partial charge is 0.340 e. The summed E-state index contributed by atoms with van der Waals surface area (Å²) in [6, 6.07) is 53.3. The minimum absolute atomic E-state index is 0.317. The van der Waals surface area contributed by atoms with E-state index in [1.807, 2.05) is 0 Å². The second-order valence-electron chi connectivity index (χ2n) is 11.8. The fourth-order valence-corrected chi connectivity index (χ4v) is 7.55. The highest BCUT2D eigenvalue weighted by molar-refractivity contribution is 6.09. The van der Waals surface area contributed by atoms with Crippen LogP contribution in [0.5, 0.6) is 0 Å². The Bertz CT molecular complexity index is 2020. The third kappa shape index (κ3) is 3.74. The van der Waals surface area contributed by atoms with Gasteiger partial charge in [0.2, 0.25) is 0 Å². The van der Waals surface area contributed by atoms with Crippen molar-refractivity contribution in [2.75, 3.05) is 0 Å². The minimum atomic E-state index is 0.317. The number of aromatic nitrogens is 3. The highest BCUT2D eigenvalue weighted by Crippen LogP contribution is 2.35. The molecule has 0 radical (unpaired) electrons. The molecule has 9 aromatic rings. The molecule has 0 atom stereocenters. The van der Waals surface area contributed by atoms with Crippen LogP contribution in [0.15, 0.2) is 146 Å². The Morgan fingerprint density at radius 2 is 0.465 bits per heavy atom. The van der Waals surface area contributed by atoms with Crippen LogP contribution in [-0.2, 0) is 19.6 Å². The van der Waals surface area contributed by atoms with E-state index in [-0.39, 0.29) is 0 Å². The van der Waals surface area contributed by atoms with Crippen LogP contribution >= 0.6 is 0 Å². The first kappa shape index (κ1) is 24.3. The number of hydrogen-bond donors (Lipinski definition) is 0. The van der Waals surface area contributed by atoms with Crippen LogP contribution in [0.25, 0.3) is 65.4 Å². The third-order valence-electron chi connectivity index (χ3n) is 9.36. The third-order valence-corrected chi connectivity index (χ3v) is 9.36. The quantitative estimate of drug-likeness (QED) is 0.195. The molecule has 0 saturated heterocycles. The summed E-state index contributed by atoms with van der Waals surface area (Å²) >= 11 is 0. The molecule has 3 nitrogen and oxygen atoms in total. The highest BCUT2D eigenvalue weighted by Gasteiger charge is 2.21. The van der Waals surface area contributed by atoms with Gasteiger partial charge in [-0.05, 0) is 36.4 Å². The zero-order valence-corrected chi connectivity index (χ0v) is 23.9. The normalized spacial score (nSPS) is 12.2. The van der Waals surface area contributed by atoms with Crippen molar-refractivity contribution in [1.82, 2.24) is 13.7 Å². The average Bonchev–Trinajstić information content (AvgIpc) is 3.68. The van der Waals surface area contributed by atoms with E-state index in [0.717, 1.165) is 19.6 Å². The Morgan fingerprint density at radius 3 is 0.674 bits per heavy atom. The first-order valence-electron chi connectivity index (χ1n) is 15.2. The lowest BCUT2D eigenvalue weighted by molar-refractivity contribution is 0.362. The number of rotatable bonds is 6. The molecule has 0 aliphatic heterocycles. The molecule has 0 spiro atoms. The zero-order valence-electron chi connectivity index (χ0n) is 23.9. The van der Waals surface area contributed by atoms with E-state index in [1.54, 1.807) is 0 Å². The molecule has 3 aromatic heterocycles. The molecule has 206 valence electrons. The van der Waals surface area contributed by atoms with Crippen LogP contribution in [0.2, 0.25) is 0 Å². The highest BCUT2D eigenvalue weighted by atomic mass is 15.1. The smallest absolute Gasteiger partial charge is 0.0491 e. The van der Waals surface area contributed by atoms with Gasteiger partial charge in [0, 0.05) is 91.0 Å². The molecule has 0 bridgehead atoms. The predicted octanol–water partition coefficient (Wildman–Crippen LogP) is 10.0. The maximum atomic E-state index is 2.57. The molecule has 0 N–H and O–H groups in total. The summed E-state index contributed by atoms with van der Waals surface area (Å²) in [5.74, 6) is 0.317. The standard InChI is InChI=1S/C40H31N3/c1-7-19-35-29(13-1)30-14-2-8-20-36(30)41(35)25-28(26-42-37-21-9-3-15-31(37)32-16-4-10-22-38(32)42)27-43-39-23-11-5-17-33(39)34-18-6-12-24-40(34)43/h1-24,28H,25-27H2. The Morgan fingerprint density at radius 1 is 0.279 bits per heavy atom. The van der Waals surface area contributed by atoms with Crippen molar-refractivity contribution in [2.24, 2.45) is 5.92 Å². The van der Waals surface area contributed by atoms with Crippen molar-refractivity contribution in [2.45, 2.75) is 19.6 Å². The van der Waals surface area contributed by atoms with Gasteiger partial charge in [-0.3, -0.25) is 0 Å². The van der Waals surface area contributed by atoms with Crippen LogP contribution in [0, 0.1) is 5.92 Å². The number of fused-ring (bicyclic) bond motifs is 9. The zero-order chi connectivity index (χ0) is 28.3. The molecule has 0 fully saturated rings. The first-order valence-corrected chi connectivity index (χ1v) is 15.2. The Balaban J connectivity index is 1.26. The van der Waals surface area contributed by atoms with Gasteiger partial charge < -0.3 is 13.7 Å². The van der Waals surface area contributed by atoms with Gasteiger partial charge >= 0.3 is 0 Å². The summed E-state index contributed by atoms with van der Waals surface area (Å²) in [5.41, 5.74) is 7.82. The van der Waals surface area contributed by atoms with Crippen LogP contribution < -0.4 is 0 Å². The summed E-state index contributed by atoms with van der Waals surface area (Å²) < 4.78 is 7.70. The number of hydrogen-bond acceptors (Lipinski definition) is 0. The fraction of sp³-hybridized carbons (Fsp3) is 0.100. The van der Waals surface area contributed by atoms with Gasteiger partial charge in [-0.2, -0.15) is 0 Å². The maximum absolute atomic E-state index is 2.57. The summed E-state index contributed by atoms with van der Waals surface area (Å²) in [6.45, 7) is 2.74. The molecule has 3 heterocycles. The molecule has 0 unspecified atom stereocenters. The van der Waals surface area contributed by atoms with E-state index in [4.69, 9.17) is 0 Å². The molecular formula is C40H31N3. The Labute approximate surface area is 249 Å². The molecule has 43 heavy (non-hydrogen) atoms. The number of nitrogens with zero attached hydrogens (tertiary/aromatic N) is 3. The SMILES string of the molecule is c1ccc2c(c1)c1ccccc1n2CC(Cn1c2ccccc2c2ccccc21)Cn1c2ccccc2c2ccccc21. The van der Waals surface area contributed by atoms with Crippen molar-refractivity contribution in [3.8, 4) is 0 Å². The summed E-state index contributed by atoms with van der Waals surface area (Å²) in [5, 5.41) is 7.95. The monoisotopic (exact) mass is 553 g/mol. The Hall–Kier alpha value is -5.28. The van der Waals surface area contributed by atoms with E-state index in [1.165, 1.54) is 65.4 Å². The van der Waals surface area contributed by atoms with E-state index < -0.39 is 0 Å². The molecular weight excluding hydrogens is 522 g/mol. The molecule has 0 aliphatic carbocycles. The molecule has 0 amide bonds. The van der Waals surface area contributed by atoms with Crippen molar-refractivity contribution < 1.29 is 0 Å². The number of para-hydroxylation sites is 6. The summed E-state index contributed by atoms with van der Waals surface area (Å²) in [6.07, 6.45) is 0. The summed E-state index contributed by atoms with van der Waals surface area (Å²) in [4.78, 5) is 0. The van der Waals surface area contributed by atoms with E-state index in [9.17, 15) is 0 Å². The van der Waals surface area contributed by atoms with Gasteiger partial charge in [-0.15, -0.1) is 0 Å². The van der Waals surface area contributed by atoms with Gasteiger partial charge in [0.25, 0.3) is 0 Å². The fourth-order valence-electron chi connectivity index (χ4n) is 7.55. The van der Waals surface area contributed by atoms with Crippen LogP contribution in [-0.4, -0.2) is 13.7 Å². The van der Waals surface area contributed by atoms with Crippen molar-refractivity contribution in [1.29, 1.82) is 0 Å². The van der Waals surface area contributed by atoms with Gasteiger partial charge in [0.15, 0.2) is 0 Å². The van der Waals surface area contributed by atoms with Crippen LogP contribution in [0.3, 0.4) is 0 Å². The average molecular weight is 554 g/mol. The Kier molecular flexibility index (Phi) is 5.45. The molecule has 0 saturated carbocycles. The molecule has 6 aromatic carbocycles. The lowest BCUT2D eigenvalue weighted by Gasteiger charge is -2.23.